The van der Waals surface area contributed by atoms with Gasteiger partial charge in [-0.15, -0.1) is 0 Å². The molecule has 0 unspecified atom stereocenters. The summed E-state index contributed by atoms with van der Waals surface area (Å²) in [7, 11) is 0. The molecule has 1 N–H and O–H groups in total. The smallest absolute Gasteiger partial charge is 0.157 e. The molecule has 2 aromatic rings. The SMILES string of the molecule is S=c1nc[nH]c2c1ncn2[C@H]1CCCO1. The predicted octanol–water partition coefficient (Wildman–Crippen LogP) is 1.80. The Kier molecular flexibility index (Phi) is 2.03. The molecule has 0 radical (unpaired) electrons. The minimum Gasteiger partial charge on any atom is -0.358 e. The van der Waals surface area contributed by atoms with E-state index in [1.54, 1.807) is 12.7 Å². The number of fused-ring (bicyclic) bond motifs is 1. The summed E-state index contributed by atoms with van der Waals surface area (Å²) in [6.45, 7) is 0.816. The number of aromatic amines is 1. The second-order valence-corrected chi connectivity index (χ2v) is 3.91. The lowest BCUT2D eigenvalue weighted by atomic mass is 10.3. The highest BCUT2D eigenvalue weighted by atomic mass is 32.1. The number of imidazole rings is 1. The second-order valence-electron chi connectivity index (χ2n) is 3.52. The van der Waals surface area contributed by atoms with Crippen molar-refractivity contribution in [2.24, 2.45) is 0 Å². The van der Waals surface area contributed by atoms with Gasteiger partial charge >= 0.3 is 0 Å². The van der Waals surface area contributed by atoms with Gasteiger partial charge in [0.1, 0.15) is 17.4 Å². The van der Waals surface area contributed by atoms with Crippen LogP contribution in [0.25, 0.3) is 11.2 Å². The first-order valence-corrected chi connectivity index (χ1v) is 5.29. The first-order valence-electron chi connectivity index (χ1n) is 4.88. The van der Waals surface area contributed by atoms with Gasteiger partial charge in [-0.1, -0.05) is 12.2 Å². The van der Waals surface area contributed by atoms with E-state index >= 15 is 0 Å². The van der Waals surface area contributed by atoms with E-state index in [9.17, 15) is 0 Å². The van der Waals surface area contributed by atoms with Gasteiger partial charge in [-0.05, 0) is 12.8 Å². The quantitative estimate of drug-likeness (QED) is 0.747. The monoisotopic (exact) mass is 222 g/mol. The Morgan fingerprint density at radius 2 is 2.47 bits per heavy atom. The molecule has 1 atom stereocenters. The zero-order valence-corrected chi connectivity index (χ0v) is 8.83. The van der Waals surface area contributed by atoms with Crippen LogP contribution in [0.2, 0.25) is 0 Å². The lowest BCUT2D eigenvalue weighted by Gasteiger charge is -2.11. The molecule has 0 amide bonds. The zero-order chi connectivity index (χ0) is 10.3. The fourth-order valence-electron chi connectivity index (χ4n) is 1.87. The van der Waals surface area contributed by atoms with E-state index in [-0.39, 0.29) is 6.23 Å². The Balaban J connectivity index is 2.19. The molecule has 1 aliphatic heterocycles. The van der Waals surface area contributed by atoms with Crippen molar-refractivity contribution in [3.05, 3.63) is 17.3 Å². The standard InChI is InChI=1S/C9H10N4OS/c15-9-7-8(10-4-11-9)13(5-12-7)6-2-1-3-14-6/h4-6H,1-3H2,(H,10,11,15)/t6-/m1/s1. The number of nitrogens with one attached hydrogen (secondary N) is 1. The van der Waals surface area contributed by atoms with Crippen LogP contribution >= 0.6 is 12.2 Å². The molecule has 78 valence electrons. The number of hydrogen-bond donors (Lipinski definition) is 1. The fourth-order valence-corrected chi connectivity index (χ4v) is 2.07. The average molecular weight is 222 g/mol. The summed E-state index contributed by atoms with van der Waals surface area (Å²) >= 11 is 5.09. The van der Waals surface area contributed by atoms with Crippen LogP contribution in [0.15, 0.2) is 12.7 Å². The maximum atomic E-state index is 5.59. The van der Waals surface area contributed by atoms with E-state index in [1.165, 1.54) is 0 Å². The van der Waals surface area contributed by atoms with Gasteiger partial charge in [-0.2, -0.15) is 0 Å². The van der Waals surface area contributed by atoms with Gasteiger partial charge in [0, 0.05) is 6.61 Å². The first-order chi connectivity index (χ1) is 7.36. The summed E-state index contributed by atoms with van der Waals surface area (Å²) in [6, 6.07) is 0. The van der Waals surface area contributed by atoms with Crippen molar-refractivity contribution in [3.8, 4) is 0 Å². The Hall–Kier alpha value is -1.27. The van der Waals surface area contributed by atoms with E-state index < -0.39 is 0 Å². The minimum absolute atomic E-state index is 0.0862. The molecular formula is C9H10N4OS. The molecule has 1 saturated heterocycles. The van der Waals surface area contributed by atoms with Crippen molar-refractivity contribution in [1.29, 1.82) is 0 Å². The van der Waals surface area contributed by atoms with Gasteiger partial charge in [0.15, 0.2) is 4.64 Å². The van der Waals surface area contributed by atoms with E-state index in [4.69, 9.17) is 17.0 Å². The number of nitrogens with zero attached hydrogens (tertiary/aromatic N) is 3. The molecule has 1 aliphatic rings. The van der Waals surface area contributed by atoms with Gasteiger partial charge in [0.05, 0.1) is 12.7 Å². The van der Waals surface area contributed by atoms with E-state index in [1.807, 2.05) is 4.57 Å². The van der Waals surface area contributed by atoms with Crippen LogP contribution in [-0.2, 0) is 4.74 Å². The summed E-state index contributed by atoms with van der Waals surface area (Å²) in [5.41, 5.74) is 1.63. The Bertz CT molecular complexity index is 540. The predicted molar refractivity (Wildman–Crippen MR) is 56.9 cm³/mol. The molecular weight excluding hydrogens is 212 g/mol. The molecule has 0 bridgehead atoms. The van der Waals surface area contributed by atoms with E-state index in [0.717, 1.165) is 30.6 Å². The van der Waals surface area contributed by atoms with Crippen molar-refractivity contribution in [3.63, 3.8) is 0 Å². The van der Waals surface area contributed by atoms with Crippen LogP contribution in [0.1, 0.15) is 19.1 Å². The Labute approximate surface area is 91.1 Å². The minimum atomic E-state index is 0.0862. The molecule has 6 heteroatoms. The highest BCUT2D eigenvalue weighted by Gasteiger charge is 2.19. The molecule has 5 nitrogen and oxygen atoms in total. The van der Waals surface area contributed by atoms with Crippen LogP contribution in [0.3, 0.4) is 0 Å². The molecule has 15 heavy (non-hydrogen) atoms. The lowest BCUT2D eigenvalue weighted by Crippen LogP contribution is -2.06. The third-order valence-corrected chi connectivity index (χ3v) is 2.89. The van der Waals surface area contributed by atoms with Crippen LogP contribution in [0.5, 0.6) is 0 Å². The normalized spacial score (nSPS) is 21.2. The molecule has 2 aromatic heterocycles. The molecule has 3 rings (SSSR count). The van der Waals surface area contributed by atoms with Crippen LogP contribution in [0.4, 0.5) is 0 Å². The number of hydrogen-bond acceptors (Lipinski definition) is 4. The third-order valence-electron chi connectivity index (χ3n) is 2.60. The number of aromatic nitrogens is 4. The summed E-state index contributed by atoms with van der Waals surface area (Å²) in [6.07, 6.45) is 5.56. The molecule has 0 saturated carbocycles. The second kappa shape index (κ2) is 3.39. The van der Waals surface area contributed by atoms with Gasteiger partial charge in [0.2, 0.25) is 0 Å². The first kappa shape index (κ1) is 8.99. The topological polar surface area (TPSA) is 55.7 Å². The molecule has 0 spiro atoms. The maximum absolute atomic E-state index is 5.59. The highest BCUT2D eigenvalue weighted by Crippen LogP contribution is 2.25. The van der Waals surface area contributed by atoms with Gasteiger partial charge in [0.25, 0.3) is 0 Å². The number of rotatable bonds is 1. The van der Waals surface area contributed by atoms with Crippen LogP contribution in [-0.4, -0.2) is 26.1 Å². The van der Waals surface area contributed by atoms with Gasteiger partial charge in [-0.25, -0.2) is 9.97 Å². The summed E-state index contributed by atoms with van der Waals surface area (Å²) < 4.78 is 8.11. The molecule has 3 heterocycles. The summed E-state index contributed by atoms with van der Waals surface area (Å²) in [5.74, 6) is 0. The lowest BCUT2D eigenvalue weighted by molar-refractivity contribution is 0.0593. The Morgan fingerprint density at radius 3 is 3.27 bits per heavy atom. The van der Waals surface area contributed by atoms with Crippen molar-refractivity contribution < 1.29 is 4.74 Å². The molecule has 0 aromatic carbocycles. The van der Waals surface area contributed by atoms with Crippen molar-refractivity contribution in [2.75, 3.05) is 6.61 Å². The van der Waals surface area contributed by atoms with Crippen molar-refractivity contribution >= 4 is 23.4 Å². The molecule has 0 aliphatic carbocycles. The average Bonchev–Trinajstić information content (AvgIpc) is 2.85. The van der Waals surface area contributed by atoms with E-state index in [0.29, 0.717) is 4.64 Å². The zero-order valence-electron chi connectivity index (χ0n) is 8.01. The maximum Gasteiger partial charge on any atom is 0.157 e. The largest absolute Gasteiger partial charge is 0.358 e. The van der Waals surface area contributed by atoms with Crippen molar-refractivity contribution in [2.45, 2.75) is 19.1 Å². The van der Waals surface area contributed by atoms with Gasteiger partial charge in [-0.3, -0.25) is 4.57 Å². The third kappa shape index (κ3) is 1.37. The van der Waals surface area contributed by atoms with Gasteiger partial charge < -0.3 is 9.72 Å². The fraction of sp³-hybridized carbons (Fsp3) is 0.444. The van der Waals surface area contributed by atoms with Crippen LogP contribution < -0.4 is 0 Å². The van der Waals surface area contributed by atoms with Crippen LogP contribution in [0, 0.1) is 4.64 Å². The van der Waals surface area contributed by atoms with E-state index in [2.05, 4.69) is 15.0 Å². The van der Waals surface area contributed by atoms with Crippen molar-refractivity contribution in [1.82, 2.24) is 19.5 Å². The summed E-state index contributed by atoms with van der Waals surface area (Å²) in [5, 5.41) is 0. The molecule has 1 fully saturated rings. The summed E-state index contributed by atoms with van der Waals surface area (Å²) in [4.78, 5) is 11.3. The highest BCUT2D eigenvalue weighted by molar-refractivity contribution is 7.71. The Morgan fingerprint density at radius 1 is 1.53 bits per heavy atom. The number of H-pyrrole nitrogens is 1. The number of ether oxygens (including phenoxy) is 1.